The number of nitrogens with one attached hydrogen (secondary N) is 1. The monoisotopic (exact) mass is 358 g/mol. The summed E-state index contributed by atoms with van der Waals surface area (Å²) in [5.74, 6) is -0.273. The lowest BCUT2D eigenvalue weighted by Crippen LogP contribution is -2.45. The number of rotatable bonds is 5. The molecule has 2 aromatic rings. The second kappa shape index (κ2) is 6.61. The Hall–Kier alpha value is -2.18. The first-order valence-electron chi connectivity index (χ1n) is 8.29. The van der Waals surface area contributed by atoms with Crippen LogP contribution in [-0.2, 0) is 15.4 Å². The normalized spacial score (nSPS) is 16.1. The summed E-state index contributed by atoms with van der Waals surface area (Å²) < 4.78 is 23.0. The molecule has 0 spiro atoms. The molecule has 0 aliphatic heterocycles. The number of sulfonamides is 1. The maximum atomic E-state index is 12.6. The number of carbonyl (C=O) groups is 1. The Labute approximate surface area is 148 Å². The minimum Gasteiger partial charge on any atom is -0.351 e. The van der Waals surface area contributed by atoms with E-state index in [0.29, 0.717) is 17.7 Å². The molecule has 5 nitrogen and oxygen atoms in total. The highest BCUT2D eigenvalue weighted by molar-refractivity contribution is 7.89. The lowest BCUT2D eigenvalue weighted by atomic mass is 9.64. The van der Waals surface area contributed by atoms with Crippen molar-refractivity contribution < 1.29 is 13.2 Å². The largest absolute Gasteiger partial charge is 0.351 e. The Morgan fingerprint density at radius 2 is 1.84 bits per heavy atom. The topological polar surface area (TPSA) is 89.3 Å². The Kier molecular flexibility index (Phi) is 4.67. The second-order valence-electron chi connectivity index (χ2n) is 6.70. The standard InChI is InChI=1S/C19H22N2O3S/c1-14-8-9-16(25(20,23)24)12-17(14)18(22)21-13-19(10-5-11-19)15-6-3-2-4-7-15/h2-4,6-9,12H,5,10-11,13H2,1H3,(H,21,22)(H2,20,23,24). The number of nitrogens with two attached hydrogens (primary N) is 1. The van der Waals surface area contributed by atoms with Crippen LogP contribution in [0.5, 0.6) is 0 Å². The number of aryl methyl sites for hydroxylation is 1. The van der Waals surface area contributed by atoms with Crippen LogP contribution in [-0.4, -0.2) is 20.9 Å². The summed E-state index contributed by atoms with van der Waals surface area (Å²) in [4.78, 5) is 12.6. The van der Waals surface area contributed by atoms with Gasteiger partial charge in [-0.05, 0) is 43.0 Å². The van der Waals surface area contributed by atoms with E-state index in [-0.39, 0.29) is 16.2 Å². The van der Waals surface area contributed by atoms with Gasteiger partial charge in [-0.15, -0.1) is 0 Å². The fourth-order valence-electron chi connectivity index (χ4n) is 3.33. The van der Waals surface area contributed by atoms with E-state index in [9.17, 15) is 13.2 Å². The average molecular weight is 358 g/mol. The van der Waals surface area contributed by atoms with E-state index >= 15 is 0 Å². The highest BCUT2D eigenvalue weighted by atomic mass is 32.2. The fourth-order valence-corrected chi connectivity index (χ4v) is 3.87. The molecule has 0 bridgehead atoms. The van der Waals surface area contributed by atoms with Crippen molar-refractivity contribution in [2.75, 3.05) is 6.54 Å². The van der Waals surface area contributed by atoms with E-state index in [0.717, 1.165) is 19.3 Å². The number of amides is 1. The smallest absolute Gasteiger partial charge is 0.251 e. The third kappa shape index (κ3) is 3.60. The molecule has 3 rings (SSSR count). The first kappa shape index (κ1) is 17.6. The molecule has 2 aromatic carbocycles. The van der Waals surface area contributed by atoms with Crippen LogP contribution in [0.15, 0.2) is 53.4 Å². The van der Waals surface area contributed by atoms with E-state index in [2.05, 4.69) is 17.4 Å². The summed E-state index contributed by atoms with van der Waals surface area (Å²) in [7, 11) is -3.84. The molecule has 0 aromatic heterocycles. The van der Waals surface area contributed by atoms with Crippen molar-refractivity contribution in [3.63, 3.8) is 0 Å². The van der Waals surface area contributed by atoms with Gasteiger partial charge in [0.25, 0.3) is 5.91 Å². The summed E-state index contributed by atoms with van der Waals surface area (Å²) in [5, 5.41) is 8.15. The van der Waals surface area contributed by atoms with Gasteiger partial charge in [-0.25, -0.2) is 13.6 Å². The Balaban J connectivity index is 1.79. The lowest BCUT2D eigenvalue weighted by molar-refractivity contribution is 0.0927. The maximum absolute atomic E-state index is 12.6. The molecule has 1 aliphatic rings. The molecule has 1 amide bonds. The van der Waals surface area contributed by atoms with E-state index in [4.69, 9.17) is 5.14 Å². The Bertz CT molecular complexity index is 888. The van der Waals surface area contributed by atoms with E-state index in [1.807, 2.05) is 18.2 Å². The van der Waals surface area contributed by atoms with Crippen LogP contribution in [0.25, 0.3) is 0 Å². The molecule has 3 N–H and O–H groups in total. The summed E-state index contributed by atoms with van der Waals surface area (Å²) in [5.41, 5.74) is 2.26. The molecule has 0 saturated heterocycles. The molecule has 0 radical (unpaired) electrons. The van der Waals surface area contributed by atoms with Crippen LogP contribution in [0.3, 0.4) is 0 Å². The third-order valence-corrected chi connectivity index (χ3v) is 5.98. The number of primary sulfonamides is 1. The SMILES string of the molecule is Cc1ccc(S(N)(=O)=O)cc1C(=O)NCC1(c2ccccc2)CCC1. The quantitative estimate of drug-likeness (QED) is 0.860. The zero-order valence-electron chi connectivity index (χ0n) is 14.2. The molecule has 6 heteroatoms. The highest BCUT2D eigenvalue weighted by Gasteiger charge is 2.38. The first-order chi connectivity index (χ1) is 11.8. The van der Waals surface area contributed by atoms with E-state index in [1.54, 1.807) is 13.0 Å². The molecule has 0 atom stereocenters. The van der Waals surface area contributed by atoms with Crippen molar-refractivity contribution in [3.8, 4) is 0 Å². The number of carbonyl (C=O) groups excluding carboxylic acids is 1. The first-order valence-corrected chi connectivity index (χ1v) is 9.84. The van der Waals surface area contributed by atoms with Gasteiger partial charge in [0.15, 0.2) is 0 Å². The molecular weight excluding hydrogens is 336 g/mol. The molecule has 132 valence electrons. The van der Waals surface area contributed by atoms with Gasteiger partial charge < -0.3 is 5.32 Å². The molecule has 0 unspecified atom stereocenters. The fraction of sp³-hybridized carbons (Fsp3) is 0.316. The second-order valence-corrected chi connectivity index (χ2v) is 8.27. The Morgan fingerprint density at radius 3 is 2.40 bits per heavy atom. The molecule has 1 aliphatic carbocycles. The van der Waals surface area contributed by atoms with Crippen LogP contribution in [0, 0.1) is 6.92 Å². The van der Waals surface area contributed by atoms with Gasteiger partial charge in [0.1, 0.15) is 0 Å². The summed E-state index contributed by atoms with van der Waals surface area (Å²) in [6.45, 7) is 2.31. The van der Waals surface area contributed by atoms with E-state index in [1.165, 1.54) is 17.7 Å². The van der Waals surface area contributed by atoms with Gasteiger partial charge in [-0.1, -0.05) is 42.8 Å². The Morgan fingerprint density at radius 1 is 1.16 bits per heavy atom. The minimum atomic E-state index is -3.84. The average Bonchev–Trinajstić information content (AvgIpc) is 2.54. The third-order valence-electron chi connectivity index (χ3n) is 5.07. The molecular formula is C19H22N2O3S. The zero-order chi connectivity index (χ0) is 18.1. The predicted molar refractivity (Wildman–Crippen MR) is 96.9 cm³/mol. The highest BCUT2D eigenvalue weighted by Crippen LogP contribution is 2.43. The number of hydrogen-bond acceptors (Lipinski definition) is 3. The molecule has 1 fully saturated rings. The van der Waals surface area contributed by atoms with Crippen molar-refractivity contribution in [2.45, 2.75) is 36.5 Å². The summed E-state index contributed by atoms with van der Waals surface area (Å²) in [6, 6.07) is 14.6. The maximum Gasteiger partial charge on any atom is 0.251 e. The minimum absolute atomic E-state index is 0.0254. The summed E-state index contributed by atoms with van der Waals surface area (Å²) >= 11 is 0. The molecule has 0 heterocycles. The predicted octanol–water partition coefficient (Wildman–Crippen LogP) is 2.49. The van der Waals surface area contributed by atoms with E-state index < -0.39 is 10.0 Å². The van der Waals surface area contributed by atoms with Crippen molar-refractivity contribution >= 4 is 15.9 Å². The van der Waals surface area contributed by atoms with Gasteiger partial charge in [0.05, 0.1) is 4.90 Å². The van der Waals surface area contributed by atoms with Crippen LogP contribution in [0.1, 0.15) is 40.7 Å². The van der Waals surface area contributed by atoms with Crippen molar-refractivity contribution in [1.82, 2.24) is 5.32 Å². The summed E-state index contributed by atoms with van der Waals surface area (Å²) in [6.07, 6.45) is 3.21. The van der Waals surface area contributed by atoms with Crippen LogP contribution < -0.4 is 10.5 Å². The van der Waals surface area contributed by atoms with Crippen LogP contribution in [0.4, 0.5) is 0 Å². The molecule has 25 heavy (non-hydrogen) atoms. The van der Waals surface area contributed by atoms with Crippen LogP contribution >= 0.6 is 0 Å². The van der Waals surface area contributed by atoms with Crippen molar-refractivity contribution in [2.24, 2.45) is 5.14 Å². The lowest BCUT2D eigenvalue weighted by Gasteiger charge is -2.42. The van der Waals surface area contributed by atoms with Gasteiger partial charge in [-0.3, -0.25) is 4.79 Å². The number of benzene rings is 2. The van der Waals surface area contributed by atoms with Crippen molar-refractivity contribution in [3.05, 3.63) is 65.2 Å². The number of hydrogen-bond donors (Lipinski definition) is 2. The van der Waals surface area contributed by atoms with Gasteiger partial charge in [-0.2, -0.15) is 0 Å². The molecule has 1 saturated carbocycles. The van der Waals surface area contributed by atoms with Gasteiger partial charge in [0, 0.05) is 17.5 Å². The van der Waals surface area contributed by atoms with Gasteiger partial charge >= 0.3 is 0 Å². The zero-order valence-corrected chi connectivity index (χ0v) is 15.0. The van der Waals surface area contributed by atoms with Crippen molar-refractivity contribution in [1.29, 1.82) is 0 Å². The van der Waals surface area contributed by atoms with Gasteiger partial charge in [0.2, 0.25) is 10.0 Å². The van der Waals surface area contributed by atoms with Crippen LogP contribution in [0.2, 0.25) is 0 Å².